The molecular formula is C20H23N3O4S. The van der Waals surface area contributed by atoms with E-state index < -0.39 is 4.92 Å². The van der Waals surface area contributed by atoms with Crippen LogP contribution in [0, 0.1) is 10.1 Å². The van der Waals surface area contributed by atoms with Crippen molar-refractivity contribution in [2.24, 2.45) is 0 Å². The first-order valence-electron chi connectivity index (χ1n) is 9.05. The highest BCUT2D eigenvalue weighted by Gasteiger charge is 2.22. The molecule has 1 aliphatic heterocycles. The highest BCUT2D eigenvalue weighted by Crippen LogP contribution is 2.28. The van der Waals surface area contributed by atoms with Crippen LogP contribution in [0.15, 0.2) is 48.5 Å². The molecule has 0 saturated carbocycles. The van der Waals surface area contributed by atoms with Crippen LogP contribution in [0.2, 0.25) is 0 Å². The number of non-ortho nitro benzene ring substituents is 1. The number of hydrogen-bond acceptors (Lipinski definition) is 6. The van der Waals surface area contributed by atoms with E-state index in [1.807, 2.05) is 29.2 Å². The second-order valence-electron chi connectivity index (χ2n) is 6.46. The Bertz CT molecular complexity index is 820. The van der Waals surface area contributed by atoms with Gasteiger partial charge in [0.1, 0.15) is 5.75 Å². The predicted molar refractivity (Wildman–Crippen MR) is 111 cm³/mol. The van der Waals surface area contributed by atoms with Crippen molar-refractivity contribution in [2.45, 2.75) is 5.75 Å². The molecule has 7 nitrogen and oxygen atoms in total. The number of hydrogen-bond donors (Lipinski definition) is 0. The SMILES string of the molecule is COc1ccccc1N1CCN(C(=O)CSCc2ccc([N+](=O)[O-])cc2)CC1. The van der Waals surface area contributed by atoms with E-state index in [1.165, 1.54) is 23.9 Å². The Balaban J connectivity index is 1.44. The maximum Gasteiger partial charge on any atom is 0.269 e. The van der Waals surface area contributed by atoms with Crippen molar-refractivity contribution in [1.82, 2.24) is 4.90 Å². The van der Waals surface area contributed by atoms with Gasteiger partial charge in [0.05, 0.1) is 23.5 Å². The summed E-state index contributed by atoms with van der Waals surface area (Å²) in [5, 5.41) is 10.7. The average molecular weight is 401 g/mol. The first kappa shape index (κ1) is 20.0. The zero-order valence-corrected chi connectivity index (χ0v) is 16.6. The third-order valence-electron chi connectivity index (χ3n) is 4.70. The number of ether oxygens (including phenoxy) is 1. The van der Waals surface area contributed by atoms with Gasteiger partial charge in [0.25, 0.3) is 5.69 Å². The molecule has 0 atom stereocenters. The molecule has 3 rings (SSSR count). The van der Waals surface area contributed by atoms with Crippen LogP contribution < -0.4 is 9.64 Å². The summed E-state index contributed by atoms with van der Waals surface area (Å²) in [6.07, 6.45) is 0. The third-order valence-corrected chi connectivity index (χ3v) is 5.69. The summed E-state index contributed by atoms with van der Waals surface area (Å²) in [6, 6.07) is 14.4. The fourth-order valence-electron chi connectivity index (χ4n) is 3.15. The van der Waals surface area contributed by atoms with E-state index in [4.69, 9.17) is 4.74 Å². The lowest BCUT2D eigenvalue weighted by Gasteiger charge is -2.36. The van der Waals surface area contributed by atoms with Crippen molar-refractivity contribution in [2.75, 3.05) is 43.9 Å². The molecule has 2 aromatic rings. The van der Waals surface area contributed by atoms with Crippen LogP contribution in [-0.2, 0) is 10.5 Å². The Morgan fingerprint density at radius 2 is 1.79 bits per heavy atom. The van der Waals surface area contributed by atoms with Gasteiger partial charge in [-0.15, -0.1) is 11.8 Å². The molecule has 0 aliphatic carbocycles. The highest BCUT2D eigenvalue weighted by molar-refractivity contribution is 7.99. The number of rotatable bonds is 7. The van der Waals surface area contributed by atoms with Gasteiger partial charge in [-0.2, -0.15) is 0 Å². The van der Waals surface area contributed by atoms with Gasteiger partial charge in [-0.3, -0.25) is 14.9 Å². The number of benzene rings is 2. The zero-order valence-electron chi connectivity index (χ0n) is 15.7. The summed E-state index contributed by atoms with van der Waals surface area (Å²) in [7, 11) is 1.67. The van der Waals surface area contributed by atoms with Gasteiger partial charge in [0, 0.05) is 44.1 Å². The molecule has 8 heteroatoms. The molecule has 1 heterocycles. The Hall–Kier alpha value is -2.74. The van der Waals surface area contributed by atoms with Crippen LogP contribution in [0.1, 0.15) is 5.56 Å². The normalized spacial score (nSPS) is 14.0. The molecule has 0 bridgehead atoms. The molecule has 0 N–H and O–H groups in total. The van der Waals surface area contributed by atoms with E-state index >= 15 is 0 Å². The number of carbonyl (C=O) groups is 1. The molecule has 1 amide bonds. The summed E-state index contributed by atoms with van der Waals surface area (Å²) in [6.45, 7) is 2.93. The first-order chi connectivity index (χ1) is 13.6. The number of para-hydroxylation sites is 2. The summed E-state index contributed by atoms with van der Waals surface area (Å²) >= 11 is 1.53. The highest BCUT2D eigenvalue weighted by atomic mass is 32.2. The predicted octanol–water partition coefficient (Wildman–Crippen LogP) is 3.19. The van der Waals surface area contributed by atoms with E-state index in [0.717, 1.165) is 30.1 Å². The molecule has 2 aromatic carbocycles. The molecule has 1 aliphatic rings. The number of nitro groups is 1. The maximum atomic E-state index is 12.5. The topological polar surface area (TPSA) is 75.9 Å². The number of amides is 1. The molecule has 1 fully saturated rings. The molecule has 0 radical (unpaired) electrons. The van der Waals surface area contributed by atoms with E-state index in [9.17, 15) is 14.9 Å². The van der Waals surface area contributed by atoms with Crippen LogP contribution in [0.5, 0.6) is 5.75 Å². The number of anilines is 1. The van der Waals surface area contributed by atoms with Crippen molar-refractivity contribution in [3.63, 3.8) is 0 Å². The average Bonchev–Trinajstić information content (AvgIpc) is 2.74. The number of carbonyl (C=O) groups excluding carboxylic acids is 1. The Labute approximate surface area is 168 Å². The molecule has 28 heavy (non-hydrogen) atoms. The number of piperazine rings is 1. The Morgan fingerprint density at radius 3 is 2.43 bits per heavy atom. The fraction of sp³-hybridized carbons (Fsp3) is 0.350. The van der Waals surface area contributed by atoms with E-state index in [1.54, 1.807) is 19.2 Å². The molecular weight excluding hydrogens is 378 g/mol. The lowest BCUT2D eigenvalue weighted by molar-refractivity contribution is -0.384. The van der Waals surface area contributed by atoms with Crippen LogP contribution in [-0.4, -0.2) is 54.8 Å². The maximum absolute atomic E-state index is 12.5. The minimum atomic E-state index is -0.412. The Kier molecular flexibility index (Phi) is 6.76. The second-order valence-corrected chi connectivity index (χ2v) is 7.44. The summed E-state index contributed by atoms with van der Waals surface area (Å²) < 4.78 is 5.43. The quantitative estimate of drug-likeness (QED) is 0.524. The first-order valence-corrected chi connectivity index (χ1v) is 10.2. The van der Waals surface area contributed by atoms with Crippen molar-refractivity contribution in [3.05, 3.63) is 64.2 Å². The summed E-state index contributed by atoms with van der Waals surface area (Å²) in [5.41, 5.74) is 2.12. The number of nitrogens with zero attached hydrogens (tertiary/aromatic N) is 3. The second kappa shape index (κ2) is 9.45. The summed E-state index contributed by atoms with van der Waals surface area (Å²) in [4.78, 5) is 26.9. The zero-order chi connectivity index (χ0) is 19.9. The minimum Gasteiger partial charge on any atom is -0.495 e. The van der Waals surface area contributed by atoms with Crippen molar-refractivity contribution in [1.29, 1.82) is 0 Å². The number of nitro benzene ring substituents is 1. The van der Waals surface area contributed by atoms with Gasteiger partial charge < -0.3 is 14.5 Å². The van der Waals surface area contributed by atoms with Crippen molar-refractivity contribution in [3.8, 4) is 5.75 Å². The summed E-state index contributed by atoms with van der Waals surface area (Å²) in [5.74, 6) is 2.05. The molecule has 0 unspecified atom stereocenters. The van der Waals surface area contributed by atoms with Crippen molar-refractivity contribution >= 4 is 29.0 Å². The monoisotopic (exact) mass is 401 g/mol. The molecule has 148 valence electrons. The van der Waals surface area contributed by atoms with Crippen LogP contribution in [0.3, 0.4) is 0 Å². The number of methoxy groups -OCH3 is 1. The van der Waals surface area contributed by atoms with E-state index in [0.29, 0.717) is 24.6 Å². The van der Waals surface area contributed by atoms with Crippen LogP contribution in [0.25, 0.3) is 0 Å². The van der Waals surface area contributed by atoms with Crippen LogP contribution >= 0.6 is 11.8 Å². The van der Waals surface area contributed by atoms with Gasteiger partial charge in [0.2, 0.25) is 5.91 Å². The molecule has 0 aromatic heterocycles. The number of thioether (sulfide) groups is 1. The van der Waals surface area contributed by atoms with Crippen molar-refractivity contribution < 1.29 is 14.5 Å². The van der Waals surface area contributed by atoms with Gasteiger partial charge in [0.15, 0.2) is 0 Å². The largest absolute Gasteiger partial charge is 0.495 e. The van der Waals surface area contributed by atoms with Gasteiger partial charge >= 0.3 is 0 Å². The van der Waals surface area contributed by atoms with Gasteiger partial charge in [-0.25, -0.2) is 0 Å². The lowest BCUT2D eigenvalue weighted by atomic mass is 10.2. The smallest absolute Gasteiger partial charge is 0.269 e. The van der Waals surface area contributed by atoms with Gasteiger partial charge in [-0.1, -0.05) is 24.3 Å². The lowest BCUT2D eigenvalue weighted by Crippen LogP contribution is -2.49. The van der Waals surface area contributed by atoms with Gasteiger partial charge in [-0.05, 0) is 17.7 Å². The molecule has 0 spiro atoms. The minimum absolute atomic E-state index is 0.0812. The standard InChI is InChI=1S/C20H23N3O4S/c1-27-19-5-3-2-4-18(19)21-10-12-22(13-11-21)20(24)15-28-14-16-6-8-17(9-7-16)23(25)26/h2-9H,10-15H2,1H3. The van der Waals surface area contributed by atoms with Crippen LogP contribution in [0.4, 0.5) is 11.4 Å². The fourth-order valence-corrected chi connectivity index (χ4v) is 4.04. The third kappa shape index (κ3) is 4.95. The van der Waals surface area contributed by atoms with E-state index in [2.05, 4.69) is 4.90 Å². The van der Waals surface area contributed by atoms with E-state index in [-0.39, 0.29) is 11.6 Å². The molecule has 1 saturated heterocycles. The Morgan fingerprint density at radius 1 is 1.11 bits per heavy atom.